The highest BCUT2D eigenvalue weighted by molar-refractivity contribution is 7.17. The van der Waals surface area contributed by atoms with Crippen LogP contribution in [0.2, 0.25) is 0 Å². The lowest BCUT2D eigenvalue weighted by Crippen LogP contribution is -1.87. The molecule has 1 aromatic carbocycles. The van der Waals surface area contributed by atoms with Crippen molar-refractivity contribution in [2.24, 2.45) is 0 Å². The molecule has 0 N–H and O–H groups in total. The molecule has 1 aromatic rings. The van der Waals surface area contributed by atoms with Gasteiger partial charge < -0.3 is 0 Å². The molecule has 0 fully saturated rings. The van der Waals surface area contributed by atoms with Crippen LogP contribution in [0.3, 0.4) is 0 Å². The van der Waals surface area contributed by atoms with Crippen LogP contribution >= 0.6 is 8.69 Å². The quantitative estimate of drug-likeness (QED) is 0.173. The number of unbranched alkanes of at least 4 members (excludes halogenated alkanes) is 15. The molecule has 1 rings (SSSR count). The van der Waals surface area contributed by atoms with Crippen molar-refractivity contribution in [1.29, 1.82) is 0 Å². The Bertz CT molecular complexity index is 444. The van der Waals surface area contributed by atoms with Crippen LogP contribution in [-0.4, -0.2) is 0 Å². The van der Waals surface area contributed by atoms with E-state index in [9.17, 15) is 4.57 Å². The fourth-order valence-corrected chi connectivity index (χ4v) is 3.88. The molecule has 0 aliphatic heterocycles. The first-order valence-corrected chi connectivity index (χ1v) is 12.3. The van der Waals surface area contributed by atoms with Gasteiger partial charge in [-0.15, -0.1) is 0 Å². The zero-order valence-corrected chi connectivity index (χ0v) is 18.6. The van der Waals surface area contributed by atoms with E-state index in [1.165, 1.54) is 108 Å². The van der Waals surface area contributed by atoms with Crippen molar-refractivity contribution in [3.05, 3.63) is 29.8 Å². The average Bonchev–Trinajstić information content (AvgIpc) is 2.69. The Balaban J connectivity index is 1.79. The first-order chi connectivity index (χ1) is 13.4. The van der Waals surface area contributed by atoms with E-state index in [0.717, 1.165) is 6.42 Å². The molecular weight excluding hydrogens is 351 g/mol. The monoisotopic (exact) mass is 393 g/mol. The Morgan fingerprint density at radius 1 is 0.630 bits per heavy atom. The van der Waals surface area contributed by atoms with E-state index in [0.29, 0.717) is 5.75 Å². The van der Waals surface area contributed by atoms with E-state index in [1.54, 1.807) is 0 Å². The summed E-state index contributed by atoms with van der Waals surface area (Å²) in [4.78, 5) is 0. The summed E-state index contributed by atoms with van der Waals surface area (Å²) in [6.07, 6.45) is 23.7. The lowest BCUT2D eigenvalue weighted by Gasteiger charge is -2.04. The largest absolute Gasteiger partial charge is 0.542 e. The van der Waals surface area contributed by atoms with Gasteiger partial charge in [-0.05, 0) is 35.1 Å². The molecule has 1 unspecified atom stereocenters. The molecule has 0 bridgehead atoms. The molecule has 27 heavy (non-hydrogen) atoms. The zero-order valence-electron chi connectivity index (χ0n) is 17.6. The fourth-order valence-electron chi connectivity index (χ4n) is 3.65. The average molecular weight is 394 g/mol. The van der Waals surface area contributed by atoms with Gasteiger partial charge in [-0.1, -0.05) is 115 Å². The van der Waals surface area contributed by atoms with Crippen molar-refractivity contribution in [3.8, 4) is 5.75 Å². The second-order valence-corrected chi connectivity index (χ2v) is 8.25. The molecule has 3 heteroatoms. The Kier molecular flexibility index (Phi) is 16.5. The summed E-state index contributed by atoms with van der Waals surface area (Å²) in [6.45, 7) is 2.29. The molecule has 0 radical (unpaired) electrons. The molecule has 1 atom stereocenters. The Labute approximate surface area is 169 Å². The van der Waals surface area contributed by atoms with Crippen LogP contribution in [-0.2, 0) is 11.0 Å². The third-order valence-corrected chi connectivity index (χ3v) is 5.72. The SMILES string of the molecule is CCCCCCCCCCCCCCCCCCc1ccc(O[PH+]=O)cc1. The Morgan fingerprint density at radius 3 is 1.44 bits per heavy atom. The summed E-state index contributed by atoms with van der Waals surface area (Å²) in [5, 5.41) is 0. The van der Waals surface area contributed by atoms with E-state index in [1.807, 2.05) is 12.1 Å². The van der Waals surface area contributed by atoms with Gasteiger partial charge in [0.05, 0.1) is 0 Å². The molecule has 0 amide bonds. The molecule has 0 aliphatic carbocycles. The van der Waals surface area contributed by atoms with Gasteiger partial charge in [-0.2, -0.15) is 0 Å². The highest BCUT2D eigenvalue weighted by Crippen LogP contribution is 2.18. The lowest BCUT2D eigenvalue weighted by molar-refractivity contribution is 0.525. The van der Waals surface area contributed by atoms with E-state index >= 15 is 0 Å². The van der Waals surface area contributed by atoms with Gasteiger partial charge in [-0.25, -0.2) is 0 Å². The summed E-state index contributed by atoms with van der Waals surface area (Å²) < 4.78 is 15.4. The third kappa shape index (κ3) is 14.8. The standard InChI is InChI=1S/C24H42O2P/c1-2-3-4-5-6-7-8-9-10-11-12-13-14-15-16-17-18-23-19-21-24(22-20-23)26-27-25/h19-22,27H,2-18H2,1H3/q+1. The van der Waals surface area contributed by atoms with Gasteiger partial charge in [0.2, 0.25) is 0 Å². The van der Waals surface area contributed by atoms with Crippen molar-refractivity contribution >= 4 is 8.69 Å². The fraction of sp³-hybridized carbons (Fsp3) is 0.750. The maximum absolute atomic E-state index is 10.4. The maximum Gasteiger partial charge on any atom is 0.542 e. The number of aryl methyl sites for hydroxylation is 1. The first-order valence-electron chi connectivity index (χ1n) is 11.5. The van der Waals surface area contributed by atoms with E-state index in [2.05, 4.69) is 19.1 Å². The topological polar surface area (TPSA) is 26.3 Å². The van der Waals surface area contributed by atoms with Crippen LogP contribution in [0.5, 0.6) is 5.75 Å². The molecule has 0 heterocycles. The van der Waals surface area contributed by atoms with Gasteiger partial charge >= 0.3 is 8.69 Å². The maximum atomic E-state index is 10.4. The normalized spacial score (nSPS) is 11.1. The van der Waals surface area contributed by atoms with Crippen LogP contribution in [0.1, 0.15) is 115 Å². The van der Waals surface area contributed by atoms with Gasteiger partial charge in [-0.3, -0.25) is 4.52 Å². The van der Waals surface area contributed by atoms with Gasteiger partial charge in [0.1, 0.15) is 0 Å². The summed E-state index contributed by atoms with van der Waals surface area (Å²) in [7, 11) is -0.719. The van der Waals surface area contributed by atoms with Crippen molar-refractivity contribution < 1.29 is 9.09 Å². The predicted molar refractivity (Wildman–Crippen MR) is 119 cm³/mol. The molecule has 2 nitrogen and oxygen atoms in total. The van der Waals surface area contributed by atoms with Gasteiger partial charge in [0, 0.05) is 0 Å². The number of rotatable bonds is 19. The molecule has 0 aliphatic rings. The molecular formula is C24H42O2P+. The zero-order chi connectivity index (χ0) is 19.4. The highest BCUT2D eigenvalue weighted by Gasteiger charge is 1.99. The number of hydrogen-bond acceptors (Lipinski definition) is 2. The minimum atomic E-state index is -0.719. The second kappa shape index (κ2) is 18.5. The van der Waals surface area contributed by atoms with E-state index < -0.39 is 8.69 Å². The Morgan fingerprint density at radius 2 is 1.04 bits per heavy atom. The first kappa shape index (κ1) is 24.2. The van der Waals surface area contributed by atoms with Crippen LogP contribution in [0.4, 0.5) is 0 Å². The summed E-state index contributed by atoms with van der Waals surface area (Å²) >= 11 is 0. The predicted octanol–water partition coefficient (Wildman–Crippen LogP) is 8.81. The number of hydrogen-bond donors (Lipinski definition) is 0. The summed E-state index contributed by atoms with van der Waals surface area (Å²) in [6, 6.07) is 7.99. The Hall–Kier alpha value is -0.880. The minimum absolute atomic E-state index is 0.694. The van der Waals surface area contributed by atoms with Gasteiger partial charge in [0.25, 0.3) is 0 Å². The van der Waals surface area contributed by atoms with Crippen LogP contribution in [0.25, 0.3) is 0 Å². The van der Waals surface area contributed by atoms with Crippen molar-refractivity contribution in [2.45, 2.75) is 116 Å². The van der Waals surface area contributed by atoms with Crippen LogP contribution in [0, 0.1) is 0 Å². The van der Waals surface area contributed by atoms with Gasteiger partial charge in [0.15, 0.2) is 5.75 Å². The van der Waals surface area contributed by atoms with Crippen LogP contribution < -0.4 is 4.52 Å². The van der Waals surface area contributed by atoms with Crippen molar-refractivity contribution in [2.75, 3.05) is 0 Å². The minimum Gasteiger partial charge on any atom is -0.256 e. The van der Waals surface area contributed by atoms with Crippen molar-refractivity contribution in [1.82, 2.24) is 0 Å². The van der Waals surface area contributed by atoms with Crippen LogP contribution in [0.15, 0.2) is 24.3 Å². The molecule has 154 valence electrons. The highest BCUT2D eigenvalue weighted by atomic mass is 31.1. The number of benzene rings is 1. The lowest BCUT2D eigenvalue weighted by atomic mass is 10.0. The van der Waals surface area contributed by atoms with E-state index in [4.69, 9.17) is 4.52 Å². The summed E-state index contributed by atoms with van der Waals surface area (Å²) in [5.41, 5.74) is 1.35. The molecule has 0 saturated heterocycles. The third-order valence-electron chi connectivity index (χ3n) is 5.40. The van der Waals surface area contributed by atoms with E-state index in [-0.39, 0.29) is 0 Å². The van der Waals surface area contributed by atoms with Crippen molar-refractivity contribution in [3.63, 3.8) is 0 Å². The molecule has 0 aromatic heterocycles. The molecule has 0 spiro atoms. The smallest absolute Gasteiger partial charge is 0.256 e. The summed E-state index contributed by atoms with van der Waals surface area (Å²) in [5.74, 6) is 0.694. The second-order valence-electron chi connectivity index (χ2n) is 7.88. The molecule has 0 saturated carbocycles.